The third kappa shape index (κ3) is 3.75. The van der Waals surface area contributed by atoms with Crippen LogP contribution in [-0.2, 0) is 14.8 Å². The quantitative estimate of drug-likeness (QED) is 0.722. The van der Waals surface area contributed by atoms with Gasteiger partial charge >= 0.3 is 0 Å². The first-order chi connectivity index (χ1) is 12.7. The Morgan fingerprint density at radius 3 is 2.48 bits per heavy atom. The number of pyridine rings is 1. The second kappa shape index (κ2) is 7.18. The summed E-state index contributed by atoms with van der Waals surface area (Å²) in [6.07, 6.45) is 1.66. The molecule has 0 bridgehead atoms. The van der Waals surface area contributed by atoms with Crippen LogP contribution in [0.15, 0.2) is 46.8 Å². The molecular weight excluding hydrogens is 384 g/mol. The average Bonchev–Trinajstić information content (AvgIpc) is 3.03. The zero-order chi connectivity index (χ0) is 19.8. The highest BCUT2D eigenvalue weighted by Crippen LogP contribution is 2.41. The average molecular weight is 403 g/mol. The number of sulfonamides is 1. The van der Waals surface area contributed by atoms with Crippen LogP contribution in [0.25, 0.3) is 21.8 Å². The van der Waals surface area contributed by atoms with Crippen molar-refractivity contribution in [3.8, 4) is 21.8 Å². The number of nitrogens with two attached hydrogens (primary N) is 1. The molecule has 0 spiro atoms. The SMILES string of the molecule is CC(=O)N(C)c1cccc(-c2nc(C)c(S(N)(=O)=O)s2)c1-c1ccccn1. The summed E-state index contributed by atoms with van der Waals surface area (Å²) in [4.78, 5) is 22.3. The summed E-state index contributed by atoms with van der Waals surface area (Å²) in [6.45, 7) is 3.08. The minimum Gasteiger partial charge on any atom is -0.315 e. The van der Waals surface area contributed by atoms with Gasteiger partial charge in [-0.05, 0) is 25.1 Å². The van der Waals surface area contributed by atoms with Crippen molar-refractivity contribution < 1.29 is 13.2 Å². The number of amides is 1. The summed E-state index contributed by atoms with van der Waals surface area (Å²) < 4.78 is 23.6. The number of aryl methyl sites for hydroxylation is 1. The molecule has 0 aliphatic carbocycles. The minimum absolute atomic E-state index is 0.0230. The van der Waals surface area contributed by atoms with Crippen LogP contribution in [0, 0.1) is 6.92 Å². The lowest BCUT2D eigenvalue weighted by Gasteiger charge is -2.21. The van der Waals surface area contributed by atoms with Gasteiger partial charge in [0.15, 0.2) is 4.21 Å². The molecule has 140 valence electrons. The van der Waals surface area contributed by atoms with Crippen LogP contribution in [0.3, 0.4) is 0 Å². The van der Waals surface area contributed by atoms with Crippen LogP contribution in [0.5, 0.6) is 0 Å². The monoisotopic (exact) mass is 402 g/mol. The smallest absolute Gasteiger partial charge is 0.249 e. The number of carbonyl (C=O) groups is 1. The first-order valence-corrected chi connectivity index (χ1v) is 10.4. The summed E-state index contributed by atoms with van der Waals surface area (Å²) in [5.41, 5.74) is 3.03. The highest BCUT2D eigenvalue weighted by molar-refractivity contribution is 7.91. The standard InChI is InChI=1S/C18H18N4O3S2/c1-11-18(27(19,24)25)26-17(21-11)13-7-6-9-15(22(3)12(2)23)16(13)14-8-4-5-10-20-14/h4-10H,1-3H3,(H2,19,24,25). The molecule has 0 radical (unpaired) electrons. The van der Waals surface area contributed by atoms with Gasteiger partial charge in [0, 0.05) is 31.3 Å². The molecule has 0 aliphatic heterocycles. The van der Waals surface area contributed by atoms with Crippen LogP contribution in [-0.4, -0.2) is 31.3 Å². The van der Waals surface area contributed by atoms with E-state index in [0.29, 0.717) is 33.2 Å². The molecule has 1 aromatic carbocycles. The molecular formula is C18H18N4O3S2. The van der Waals surface area contributed by atoms with Gasteiger partial charge in [-0.1, -0.05) is 18.2 Å². The number of thiazole rings is 1. The molecule has 2 N–H and O–H groups in total. The molecule has 0 atom stereocenters. The molecule has 7 nitrogen and oxygen atoms in total. The summed E-state index contributed by atoms with van der Waals surface area (Å²) in [5.74, 6) is -0.134. The lowest BCUT2D eigenvalue weighted by Crippen LogP contribution is -2.23. The number of aromatic nitrogens is 2. The third-order valence-corrected chi connectivity index (χ3v) is 6.78. The van der Waals surface area contributed by atoms with E-state index in [1.54, 1.807) is 32.3 Å². The van der Waals surface area contributed by atoms with E-state index in [0.717, 1.165) is 11.3 Å². The predicted molar refractivity (Wildman–Crippen MR) is 106 cm³/mol. The first kappa shape index (κ1) is 19.2. The number of hydrogen-bond donors (Lipinski definition) is 1. The lowest BCUT2D eigenvalue weighted by atomic mass is 10.0. The molecule has 0 unspecified atom stereocenters. The van der Waals surface area contributed by atoms with Crippen LogP contribution in [0.1, 0.15) is 12.6 Å². The van der Waals surface area contributed by atoms with Crippen LogP contribution in [0.2, 0.25) is 0 Å². The van der Waals surface area contributed by atoms with E-state index in [1.165, 1.54) is 11.8 Å². The molecule has 2 heterocycles. The second-order valence-electron chi connectivity index (χ2n) is 5.93. The molecule has 27 heavy (non-hydrogen) atoms. The van der Waals surface area contributed by atoms with E-state index in [9.17, 15) is 13.2 Å². The zero-order valence-corrected chi connectivity index (χ0v) is 16.6. The fraction of sp³-hybridized carbons (Fsp3) is 0.167. The summed E-state index contributed by atoms with van der Waals surface area (Å²) >= 11 is 1.00. The van der Waals surface area contributed by atoms with E-state index in [1.807, 2.05) is 24.3 Å². The fourth-order valence-electron chi connectivity index (χ4n) is 2.71. The molecule has 0 saturated carbocycles. The summed E-state index contributed by atoms with van der Waals surface area (Å²) in [5, 5.41) is 5.79. The molecule has 0 fully saturated rings. The van der Waals surface area contributed by atoms with Crippen molar-refractivity contribution in [2.45, 2.75) is 18.1 Å². The Morgan fingerprint density at radius 1 is 1.19 bits per heavy atom. The number of nitrogens with zero attached hydrogens (tertiary/aromatic N) is 3. The Balaban J connectivity index is 2.31. The number of benzene rings is 1. The van der Waals surface area contributed by atoms with Gasteiger partial charge in [-0.3, -0.25) is 9.78 Å². The number of rotatable bonds is 4. The molecule has 3 rings (SSSR count). The first-order valence-electron chi connectivity index (χ1n) is 7.99. The maximum atomic E-state index is 12.0. The number of primary sulfonamides is 1. The van der Waals surface area contributed by atoms with Gasteiger partial charge in [0.2, 0.25) is 15.9 Å². The second-order valence-corrected chi connectivity index (χ2v) is 8.69. The van der Waals surface area contributed by atoms with Gasteiger partial charge < -0.3 is 4.90 Å². The number of carbonyl (C=O) groups excluding carboxylic acids is 1. The van der Waals surface area contributed by atoms with Gasteiger partial charge in [-0.15, -0.1) is 11.3 Å². The molecule has 3 aromatic rings. The highest BCUT2D eigenvalue weighted by atomic mass is 32.2. The number of anilines is 1. The molecule has 1 amide bonds. The molecule has 0 aliphatic rings. The van der Waals surface area contributed by atoms with E-state index in [-0.39, 0.29) is 10.1 Å². The van der Waals surface area contributed by atoms with Gasteiger partial charge in [0.05, 0.1) is 17.1 Å². The van der Waals surface area contributed by atoms with Crippen LogP contribution < -0.4 is 10.0 Å². The Hall–Kier alpha value is -2.62. The Morgan fingerprint density at radius 2 is 1.93 bits per heavy atom. The largest absolute Gasteiger partial charge is 0.315 e. The summed E-state index contributed by atoms with van der Waals surface area (Å²) in [7, 11) is -2.18. The maximum Gasteiger partial charge on any atom is 0.249 e. The van der Waals surface area contributed by atoms with Crippen molar-refractivity contribution in [1.82, 2.24) is 9.97 Å². The van der Waals surface area contributed by atoms with Gasteiger partial charge in [0.25, 0.3) is 0 Å². The molecule has 9 heteroatoms. The highest BCUT2D eigenvalue weighted by Gasteiger charge is 2.23. The predicted octanol–water partition coefficient (Wildman–Crippen LogP) is 2.81. The normalized spacial score (nSPS) is 11.4. The van der Waals surface area contributed by atoms with Crippen molar-refractivity contribution in [3.05, 3.63) is 48.3 Å². The minimum atomic E-state index is -3.86. The Kier molecular flexibility index (Phi) is 5.09. The van der Waals surface area contributed by atoms with Crippen molar-refractivity contribution >= 4 is 33.0 Å². The van der Waals surface area contributed by atoms with E-state index in [2.05, 4.69) is 9.97 Å². The Bertz CT molecular complexity index is 1110. The topological polar surface area (TPSA) is 106 Å². The van der Waals surface area contributed by atoms with E-state index in [4.69, 9.17) is 5.14 Å². The zero-order valence-electron chi connectivity index (χ0n) is 15.0. The van der Waals surface area contributed by atoms with Crippen molar-refractivity contribution in [1.29, 1.82) is 0 Å². The van der Waals surface area contributed by atoms with Crippen LogP contribution >= 0.6 is 11.3 Å². The lowest BCUT2D eigenvalue weighted by molar-refractivity contribution is -0.116. The van der Waals surface area contributed by atoms with Gasteiger partial charge in [-0.25, -0.2) is 18.5 Å². The van der Waals surface area contributed by atoms with Crippen molar-refractivity contribution in [3.63, 3.8) is 0 Å². The fourth-order valence-corrected chi connectivity index (χ4v) is 4.70. The van der Waals surface area contributed by atoms with E-state index >= 15 is 0 Å². The van der Waals surface area contributed by atoms with E-state index < -0.39 is 10.0 Å². The number of hydrogen-bond acceptors (Lipinski definition) is 6. The Labute approximate surface area is 161 Å². The third-order valence-electron chi connectivity index (χ3n) is 4.04. The summed E-state index contributed by atoms with van der Waals surface area (Å²) in [6, 6.07) is 10.9. The van der Waals surface area contributed by atoms with Gasteiger partial charge in [0.1, 0.15) is 5.01 Å². The molecule has 2 aromatic heterocycles. The van der Waals surface area contributed by atoms with Gasteiger partial charge in [-0.2, -0.15) is 0 Å². The maximum absolute atomic E-state index is 12.0. The van der Waals surface area contributed by atoms with Crippen molar-refractivity contribution in [2.75, 3.05) is 11.9 Å². The molecule has 0 saturated heterocycles. The van der Waals surface area contributed by atoms with Crippen LogP contribution in [0.4, 0.5) is 5.69 Å². The van der Waals surface area contributed by atoms with Crippen molar-refractivity contribution in [2.24, 2.45) is 5.14 Å².